The second-order valence-electron chi connectivity index (χ2n) is 2.57. The zero-order valence-electron chi connectivity index (χ0n) is 6.41. The van der Waals surface area contributed by atoms with E-state index in [-0.39, 0.29) is 18.6 Å². The Hall–Kier alpha value is -0.196. The number of hydrogen-bond donors (Lipinski definition) is 0. The first-order valence-corrected chi connectivity index (χ1v) is 3.35. The Bertz CT molecular complexity index is 167. The van der Waals surface area contributed by atoms with Gasteiger partial charge in [-0.25, -0.2) is 0 Å². The molecule has 0 heterocycles. The van der Waals surface area contributed by atoms with Gasteiger partial charge < -0.3 is 0 Å². The summed E-state index contributed by atoms with van der Waals surface area (Å²) in [6.45, 7) is 4.41. The van der Waals surface area contributed by atoms with Crippen molar-refractivity contribution in [2.24, 2.45) is 0 Å². The molecule has 0 nitrogen and oxygen atoms in total. The van der Waals surface area contributed by atoms with E-state index in [4.69, 9.17) is 0 Å². The van der Waals surface area contributed by atoms with Crippen molar-refractivity contribution in [1.29, 1.82) is 0 Å². The van der Waals surface area contributed by atoms with Crippen molar-refractivity contribution >= 4 is 0 Å². The van der Waals surface area contributed by atoms with E-state index >= 15 is 0 Å². The summed E-state index contributed by atoms with van der Waals surface area (Å²) in [7, 11) is 0. The molecule has 0 spiro atoms. The van der Waals surface area contributed by atoms with E-state index in [1.807, 2.05) is 6.07 Å². The summed E-state index contributed by atoms with van der Waals surface area (Å²) >= 11 is 0. The van der Waals surface area contributed by atoms with Crippen molar-refractivity contribution in [2.75, 3.05) is 0 Å². The minimum atomic E-state index is 0. The average molecular weight is 171 g/mol. The third kappa shape index (κ3) is 2.59. The van der Waals surface area contributed by atoms with Gasteiger partial charge in [-0.1, -0.05) is 44.2 Å². The number of hydrogen-bond acceptors (Lipinski definition) is 0. The molecule has 0 bridgehead atoms. The molecule has 0 unspecified atom stereocenters. The first-order valence-electron chi connectivity index (χ1n) is 3.35. The molecule has 0 atom stereocenters. The van der Waals surface area contributed by atoms with E-state index in [1.54, 1.807) is 0 Å². The first kappa shape index (κ1) is 9.80. The van der Waals surface area contributed by atoms with E-state index in [0.29, 0.717) is 5.92 Å². The van der Waals surface area contributed by atoms with E-state index < -0.39 is 0 Å². The zero-order chi connectivity index (χ0) is 6.69. The van der Waals surface area contributed by atoms with Crippen LogP contribution in [0.5, 0.6) is 0 Å². The molecular formula is C9H12V. The van der Waals surface area contributed by atoms with Gasteiger partial charge in [0.2, 0.25) is 0 Å². The fourth-order valence-electron chi connectivity index (χ4n) is 0.838. The van der Waals surface area contributed by atoms with Crippen molar-refractivity contribution in [3.8, 4) is 0 Å². The molecule has 0 aliphatic carbocycles. The fraction of sp³-hybridized carbons (Fsp3) is 0.333. The predicted molar refractivity (Wildman–Crippen MR) is 40.5 cm³/mol. The van der Waals surface area contributed by atoms with E-state index in [1.165, 1.54) is 5.56 Å². The maximum Gasteiger partial charge on any atom is 0 e. The molecule has 0 fully saturated rings. The Morgan fingerprint density at radius 2 is 1.50 bits per heavy atom. The minimum absolute atomic E-state index is 0. The quantitative estimate of drug-likeness (QED) is 0.609. The Kier molecular flexibility index (Phi) is 4.50. The Morgan fingerprint density at radius 1 is 1.00 bits per heavy atom. The molecule has 0 saturated heterocycles. The molecule has 0 aliphatic rings. The topological polar surface area (TPSA) is 0 Å². The molecule has 1 aromatic carbocycles. The maximum atomic E-state index is 2.20. The van der Waals surface area contributed by atoms with E-state index in [9.17, 15) is 0 Å². The van der Waals surface area contributed by atoms with Crippen molar-refractivity contribution < 1.29 is 18.6 Å². The van der Waals surface area contributed by atoms with Crippen LogP contribution in [0.25, 0.3) is 0 Å². The molecule has 0 saturated carbocycles. The van der Waals surface area contributed by atoms with Gasteiger partial charge in [-0.05, 0) is 11.5 Å². The van der Waals surface area contributed by atoms with Crippen LogP contribution in [0.15, 0.2) is 30.3 Å². The minimum Gasteiger partial charge on any atom is -0.0622 e. The Labute approximate surface area is 74.5 Å². The third-order valence-corrected chi connectivity index (χ3v) is 1.47. The van der Waals surface area contributed by atoms with Gasteiger partial charge in [-0.2, -0.15) is 0 Å². The summed E-state index contributed by atoms with van der Waals surface area (Å²) in [5, 5.41) is 0. The largest absolute Gasteiger partial charge is 0.0622 e. The van der Waals surface area contributed by atoms with Gasteiger partial charge in [0, 0.05) is 18.6 Å². The molecule has 0 aliphatic heterocycles. The monoisotopic (exact) mass is 171 g/mol. The molecular weight excluding hydrogens is 159 g/mol. The van der Waals surface area contributed by atoms with Crippen molar-refractivity contribution in [3.63, 3.8) is 0 Å². The maximum absolute atomic E-state index is 2.20. The molecule has 1 radical (unpaired) electrons. The smallest absolute Gasteiger partial charge is 0 e. The van der Waals surface area contributed by atoms with Crippen LogP contribution in [0.3, 0.4) is 0 Å². The van der Waals surface area contributed by atoms with E-state index in [0.717, 1.165) is 0 Å². The van der Waals surface area contributed by atoms with Gasteiger partial charge in [0.15, 0.2) is 0 Å². The normalized spacial score (nSPS) is 9.10. The summed E-state index contributed by atoms with van der Waals surface area (Å²) in [5.74, 6) is 0.659. The second kappa shape index (κ2) is 4.59. The molecule has 1 aromatic rings. The SMILES string of the molecule is CC(C)c1ccccc1.[V]. The Morgan fingerprint density at radius 3 is 1.80 bits per heavy atom. The summed E-state index contributed by atoms with van der Waals surface area (Å²) < 4.78 is 0. The van der Waals surface area contributed by atoms with Crippen LogP contribution in [-0.2, 0) is 18.6 Å². The first-order chi connectivity index (χ1) is 4.30. The molecule has 0 amide bonds. The van der Waals surface area contributed by atoms with Gasteiger partial charge in [0.1, 0.15) is 0 Å². The van der Waals surface area contributed by atoms with E-state index in [2.05, 4.69) is 38.1 Å². The molecule has 1 rings (SSSR count). The third-order valence-electron chi connectivity index (χ3n) is 1.47. The van der Waals surface area contributed by atoms with Crippen LogP contribution in [0.1, 0.15) is 25.3 Å². The number of benzene rings is 1. The molecule has 0 N–H and O–H groups in total. The second-order valence-corrected chi connectivity index (χ2v) is 2.57. The Balaban J connectivity index is 0.000000810. The predicted octanol–water partition coefficient (Wildman–Crippen LogP) is 2.81. The molecule has 1 heteroatoms. The zero-order valence-corrected chi connectivity index (χ0v) is 7.81. The van der Waals surface area contributed by atoms with Gasteiger partial charge in [0.25, 0.3) is 0 Å². The molecule has 0 aromatic heterocycles. The summed E-state index contributed by atoms with van der Waals surface area (Å²) in [6.07, 6.45) is 0. The van der Waals surface area contributed by atoms with Gasteiger partial charge in [-0.3, -0.25) is 0 Å². The summed E-state index contributed by atoms with van der Waals surface area (Å²) in [5.41, 5.74) is 1.41. The molecule has 53 valence electrons. The van der Waals surface area contributed by atoms with Crippen LogP contribution < -0.4 is 0 Å². The fourth-order valence-corrected chi connectivity index (χ4v) is 0.838. The van der Waals surface area contributed by atoms with Crippen LogP contribution in [0, 0.1) is 0 Å². The van der Waals surface area contributed by atoms with Gasteiger partial charge >= 0.3 is 0 Å². The van der Waals surface area contributed by atoms with Crippen molar-refractivity contribution in [3.05, 3.63) is 35.9 Å². The van der Waals surface area contributed by atoms with Crippen molar-refractivity contribution in [1.82, 2.24) is 0 Å². The summed E-state index contributed by atoms with van der Waals surface area (Å²) in [6, 6.07) is 10.5. The van der Waals surface area contributed by atoms with Gasteiger partial charge in [0.05, 0.1) is 0 Å². The van der Waals surface area contributed by atoms with Crippen LogP contribution in [0.4, 0.5) is 0 Å². The van der Waals surface area contributed by atoms with Crippen LogP contribution >= 0.6 is 0 Å². The average Bonchev–Trinajstić information content (AvgIpc) is 1.90. The van der Waals surface area contributed by atoms with Crippen LogP contribution in [0.2, 0.25) is 0 Å². The van der Waals surface area contributed by atoms with Crippen molar-refractivity contribution in [2.45, 2.75) is 19.8 Å². The number of rotatable bonds is 1. The van der Waals surface area contributed by atoms with Gasteiger partial charge in [-0.15, -0.1) is 0 Å². The van der Waals surface area contributed by atoms with Crippen LogP contribution in [-0.4, -0.2) is 0 Å². The molecule has 10 heavy (non-hydrogen) atoms. The standard InChI is InChI=1S/C9H12.V/c1-8(2)9-6-4-3-5-7-9;/h3-8H,1-2H3;. The summed E-state index contributed by atoms with van der Waals surface area (Å²) in [4.78, 5) is 0.